The second-order valence-electron chi connectivity index (χ2n) is 3.29. The zero-order valence-corrected chi connectivity index (χ0v) is 9.64. The fraction of sp³-hybridized carbons (Fsp3) is 0.889. The van der Waals surface area contributed by atoms with Crippen LogP contribution in [0.2, 0.25) is 0 Å². The normalized spacial score (nSPS) is 13.9. The van der Waals surface area contributed by atoms with Gasteiger partial charge >= 0.3 is 0 Å². The van der Waals surface area contributed by atoms with Crippen molar-refractivity contribution in [2.75, 3.05) is 18.1 Å². The molecule has 0 aliphatic rings. The number of hydrogen-bond donors (Lipinski definition) is 1. The van der Waals surface area contributed by atoms with Crippen LogP contribution in [-0.2, 0) is 14.6 Å². The standard InChI is InChI=1S/C9H19NO3S/c1-3-8(7-10)9(11)5-6-14(12,13)4-2/h8H,3-7,10H2,1-2H3. The van der Waals surface area contributed by atoms with Crippen molar-refractivity contribution in [1.82, 2.24) is 0 Å². The van der Waals surface area contributed by atoms with Gasteiger partial charge in [-0.2, -0.15) is 0 Å². The fourth-order valence-corrected chi connectivity index (χ4v) is 1.93. The number of nitrogens with two attached hydrogens (primary N) is 1. The van der Waals surface area contributed by atoms with Crippen molar-refractivity contribution in [3.05, 3.63) is 0 Å². The molecule has 4 nitrogen and oxygen atoms in total. The van der Waals surface area contributed by atoms with Gasteiger partial charge in [0.1, 0.15) is 15.6 Å². The lowest BCUT2D eigenvalue weighted by Crippen LogP contribution is -2.25. The van der Waals surface area contributed by atoms with E-state index in [0.717, 1.165) is 0 Å². The van der Waals surface area contributed by atoms with E-state index in [2.05, 4.69) is 0 Å². The summed E-state index contributed by atoms with van der Waals surface area (Å²) < 4.78 is 22.2. The summed E-state index contributed by atoms with van der Waals surface area (Å²) in [6.45, 7) is 3.77. The summed E-state index contributed by atoms with van der Waals surface area (Å²) >= 11 is 0. The number of Topliss-reactive ketones (excluding diaryl/α,β-unsaturated/α-hetero) is 1. The van der Waals surface area contributed by atoms with Gasteiger partial charge < -0.3 is 5.73 Å². The van der Waals surface area contributed by atoms with Crippen LogP contribution in [0, 0.1) is 5.92 Å². The summed E-state index contributed by atoms with van der Waals surface area (Å²) in [4.78, 5) is 11.4. The van der Waals surface area contributed by atoms with Gasteiger partial charge in [-0.25, -0.2) is 8.42 Å². The van der Waals surface area contributed by atoms with Crippen LogP contribution in [0.3, 0.4) is 0 Å². The summed E-state index contributed by atoms with van der Waals surface area (Å²) in [6.07, 6.45) is 0.785. The Bertz CT molecular complexity index is 268. The monoisotopic (exact) mass is 221 g/mol. The van der Waals surface area contributed by atoms with E-state index in [1.807, 2.05) is 6.92 Å². The van der Waals surface area contributed by atoms with E-state index in [0.29, 0.717) is 13.0 Å². The first-order valence-electron chi connectivity index (χ1n) is 4.90. The van der Waals surface area contributed by atoms with Gasteiger partial charge in [0, 0.05) is 24.6 Å². The lowest BCUT2D eigenvalue weighted by molar-refractivity contribution is -0.122. The number of ketones is 1. The molecule has 0 bridgehead atoms. The van der Waals surface area contributed by atoms with Crippen molar-refractivity contribution in [3.63, 3.8) is 0 Å². The molecule has 0 amide bonds. The molecule has 84 valence electrons. The summed E-state index contributed by atoms with van der Waals surface area (Å²) in [7, 11) is -3.03. The fourth-order valence-electron chi connectivity index (χ4n) is 1.13. The van der Waals surface area contributed by atoms with Gasteiger partial charge in [-0.15, -0.1) is 0 Å². The van der Waals surface area contributed by atoms with Crippen LogP contribution in [0.1, 0.15) is 26.7 Å². The van der Waals surface area contributed by atoms with E-state index in [9.17, 15) is 13.2 Å². The molecule has 0 saturated carbocycles. The van der Waals surface area contributed by atoms with Crippen LogP contribution in [0.15, 0.2) is 0 Å². The van der Waals surface area contributed by atoms with Crippen LogP contribution >= 0.6 is 0 Å². The summed E-state index contributed by atoms with van der Waals surface area (Å²) in [5, 5.41) is 0. The molecule has 1 unspecified atom stereocenters. The van der Waals surface area contributed by atoms with E-state index in [-0.39, 0.29) is 29.6 Å². The molecule has 0 rings (SSSR count). The van der Waals surface area contributed by atoms with Gasteiger partial charge in [0.15, 0.2) is 0 Å². The molecular weight excluding hydrogens is 202 g/mol. The zero-order valence-electron chi connectivity index (χ0n) is 8.82. The Morgan fingerprint density at radius 3 is 2.29 bits per heavy atom. The minimum atomic E-state index is -3.03. The van der Waals surface area contributed by atoms with Crippen LogP contribution in [0.5, 0.6) is 0 Å². The molecule has 0 heterocycles. The van der Waals surface area contributed by atoms with Crippen molar-refractivity contribution in [1.29, 1.82) is 0 Å². The highest BCUT2D eigenvalue weighted by Gasteiger charge is 2.17. The Kier molecular flexibility index (Phi) is 5.95. The molecule has 0 aromatic heterocycles. The highest BCUT2D eigenvalue weighted by molar-refractivity contribution is 7.91. The van der Waals surface area contributed by atoms with Gasteiger partial charge in [-0.3, -0.25) is 4.79 Å². The number of rotatable bonds is 7. The van der Waals surface area contributed by atoms with Crippen molar-refractivity contribution in [3.8, 4) is 0 Å². The predicted octanol–water partition coefficient (Wildman–Crippen LogP) is 0.365. The summed E-state index contributed by atoms with van der Waals surface area (Å²) in [6, 6.07) is 0. The lowest BCUT2D eigenvalue weighted by atomic mass is 10.00. The molecule has 0 aliphatic heterocycles. The Morgan fingerprint density at radius 2 is 1.93 bits per heavy atom. The van der Waals surface area contributed by atoms with E-state index in [1.54, 1.807) is 6.92 Å². The van der Waals surface area contributed by atoms with Crippen molar-refractivity contribution in [2.45, 2.75) is 26.7 Å². The molecule has 0 radical (unpaired) electrons. The molecule has 0 aromatic carbocycles. The Labute approximate surface area is 85.8 Å². The molecule has 1 atom stereocenters. The van der Waals surface area contributed by atoms with E-state index >= 15 is 0 Å². The number of carbonyl (C=O) groups is 1. The maximum atomic E-state index is 11.4. The highest BCUT2D eigenvalue weighted by atomic mass is 32.2. The topological polar surface area (TPSA) is 77.2 Å². The van der Waals surface area contributed by atoms with E-state index < -0.39 is 9.84 Å². The van der Waals surface area contributed by atoms with E-state index in [4.69, 9.17) is 5.73 Å². The second kappa shape index (κ2) is 6.14. The van der Waals surface area contributed by atoms with Crippen molar-refractivity contribution < 1.29 is 13.2 Å². The summed E-state index contributed by atoms with van der Waals surface area (Å²) in [5.41, 5.74) is 5.39. The summed E-state index contributed by atoms with van der Waals surface area (Å²) in [5.74, 6) is -0.160. The first kappa shape index (κ1) is 13.6. The maximum absolute atomic E-state index is 11.4. The minimum Gasteiger partial charge on any atom is -0.330 e. The zero-order chi connectivity index (χ0) is 11.2. The van der Waals surface area contributed by atoms with Crippen LogP contribution in [0.4, 0.5) is 0 Å². The highest BCUT2D eigenvalue weighted by Crippen LogP contribution is 2.06. The third-order valence-electron chi connectivity index (χ3n) is 2.33. The molecule has 0 aliphatic carbocycles. The van der Waals surface area contributed by atoms with Crippen molar-refractivity contribution in [2.24, 2.45) is 11.7 Å². The smallest absolute Gasteiger partial charge is 0.150 e. The third-order valence-corrected chi connectivity index (χ3v) is 4.04. The quantitative estimate of drug-likeness (QED) is 0.673. The van der Waals surface area contributed by atoms with Gasteiger partial charge in [-0.05, 0) is 6.42 Å². The van der Waals surface area contributed by atoms with Gasteiger partial charge in [0.2, 0.25) is 0 Å². The molecule has 5 heteroatoms. The molecule has 0 saturated heterocycles. The van der Waals surface area contributed by atoms with Crippen molar-refractivity contribution >= 4 is 15.6 Å². The molecular formula is C9H19NO3S. The Hall–Kier alpha value is -0.420. The average molecular weight is 221 g/mol. The second-order valence-corrected chi connectivity index (χ2v) is 5.77. The lowest BCUT2D eigenvalue weighted by Gasteiger charge is -2.10. The van der Waals surface area contributed by atoms with E-state index in [1.165, 1.54) is 0 Å². The van der Waals surface area contributed by atoms with Crippen LogP contribution in [0.25, 0.3) is 0 Å². The SMILES string of the molecule is CCC(CN)C(=O)CCS(=O)(=O)CC. The van der Waals surface area contributed by atoms with Crippen LogP contribution < -0.4 is 5.73 Å². The first-order valence-corrected chi connectivity index (χ1v) is 6.72. The molecule has 0 fully saturated rings. The largest absolute Gasteiger partial charge is 0.330 e. The van der Waals surface area contributed by atoms with Crippen LogP contribution in [-0.4, -0.2) is 32.3 Å². The molecule has 2 N–H and O–H groups in total. The molecule has 0 aromatic rings. The average Bonchev–Trinajstić information content (AvgIpc) is 2.17. The predicted molar refractivity (Wildman–Crippen MR) is 56.8 cm³/mol. The number of sulfone groups is 1. The Morgan fingerprint density at radius 1 is 1.36 bits per heavy atom. The third kappa shape index (κ3) is 4.72. The molecule has 14 heavy (non-hydrogen) atoms. The minimum absolute atomic E-state index is 0.0352. The molecule has 0 spiro atoms. The number of carbonyl (C=O) groups excluding carboxylic acids is 1. The van der Waals surface area contributed by atoms with Gasteiger partial charge in [-0.1, -0.05) is 13.8 Å². The maximum Gasteiger partial charge on any atom is 0.150 e. The van der Waals surface area contributed by atoms with Gasteiger partial charge in [0.25, 0.3) is 0 Å². The van der Waals surface area contributed by atoms with Gasteiger partial charge in [0.05, 0.1) is 5.75 Å². The first-order chi connectivity index (χ1) is 6.46. The number of hydrogen-bond acceptors (Lipinski definition) is 4. The Balaban J connectivity index is 4.08.